The monoisotopic (exact) mass is 269 g/mol. The Hall–Kier alpha value is -1.91. The molecule has 2 heterocycles. The van der Waals surface area contributed by atoms with Gasteiger partial charge in [-0.15, -0.1) is 11.3 Å². The molecular formula is C15H15N3S. The first-order chi connectivity index (χ1) is 9.25. The molecule has 3 aromatic rings. The van der Waals surface area contributed by atoms with Crippen molar-refractivity contribution in [1.82, 2.24) is 4.98 Å². The van der Waals surface area contributed by atoms with Crippen molar-refractivity contribution in [2.45, 2.75) is 13.0 Å². The van der Waals surface area contributed by atoms with E-state index in [0.717, 1.165) is 22.5 Å². The number of hydrogen-bond acceptors (Lipinski definition) is 4. The van der Waals surface area contributed by atoms with Crippen molar-refractivity contribution in [2.75, 3.05) is 5.32 Å². The van der Waals surface area contributed by atoms with Gasteiger partial charge in [-0.25, -0.2) is 4.98 Å². The van der Waals surface area contributed by atoms with Gasteiger partial charge in [0.2, 0.25) is 0 Å². The van der Waals surface area contributed by atoms with E-state index in [2.05, 4.69) is 21.7 Å². The Labute approximate surface area is 116 Å². The molecule has 1 atom stereocenters. The minimum Gasteiger partial charge on any atom is -0.339 e. The number of nitrogens with two attached hydrogens (primary N) is 1. The minimum atomic E-state index is -0.00891. The zero-order valence-electron chi connectivity index (χ0n) is 10.6. The predicted molar refractivity (Wildman–Crippen MR) is 81.9 cm³/mol. The maximum Gasteiger partial charge on any atom is 0.139 e. The van der Waals surface area contributed by atoms with Crippen molar-refractivity contribution in [2.24, 2.45) is 5.73 Å². The van der Waals surface area contributed by atoms with E-state index in [4.69, 9.17) is 5.73 Å². The standard InChI is InChI=1S/C15H15N3S/c1-10(16)11-4-2-3-5-13(11)18-15-12-7-9-19-14(12)6-8-17-15/h2-10H,16H2,1H3,(H,17,18). The van der Waals surface area contributed by atoms with Crippen molar-refractivity contribution >= 4 is 32.9 Å². The fraction of sp³-hybridized carbons (Fsp3) is 0.133. The van der Waals surface area contributed by atoms with Gasteiger partial charge in [0.15, 0.2) is 0 Å². The number of hydrogen-bond donors (Lipinski definition) is 2. The molecule has 2 aromatic heterocycles. The summed E-state index contributed by atoms with van der Waals surface area (Å²) in [5.41, 5.74) is 8.11. The van der Waals surface area contributed by atoms with Crippen molar-refractivity contribution in [3.05, 3.63) is 53.5 Å². The fourth-order valence-electron chi connectivity index (χ4n) is 2.13. The summed E-state index contributed by atoms with van der Waals surface area (Å²) in [7, 11) is 0. The van der Waals surface area contributed by atoms with Crippen molar-refractivity contribution < 1.29 is 0 Å². The second-order valence-electron chi connectivity index (χ2n) is 4.49. The smallest absolute Gasteiger partial charge is 0.139 e. The molecule has 0 spiro atoms. The molecule has 1 aromatic carbocycles. The zero-order valence-corrected chi connectivity index (χ0v) is 11.4. The lowest BCUT2D eigenvalue weighted by Crippen LogP contribution is -2.08. The summed E-state index contributed by atoms with van der Waals surface area (Å²) in [6, 6.07) is 12.2. The summed E-state index contributed by atoms with van der Waals surface area (Å²) >= 11 is 1.72. The maximum atomic E-state index is 6.00. The number of benzene rings is 1. The van der Waals surface area contributed by atoms with Gasteiger partial charge in [-0.05, 0) is 36.1 Å². The van der Waals surface area contributed by atoms with Crippen LogP contribution in [-0.4, -0.2) is 4.98 Å². The molecule has 0 amide bonds. The third-order valence-electron chi connectivity index (χ3n) is 3.08. The molecule has 1 unspecified atom stereocenters. The van der Waals surface area contributed by atoms with Crippen molar-refractivity contribution in [1.29, 1.82) is 0 Å². The average molecular weight is 269 g/mol. The molecule has 0 bridgehead atoms. The van der Waals surface area contributed by atoms with E-state index in [1.54, 1.807) is 11.3 Å². The highest BCUT2D eigenvalue weighted by Gasteiger charge is 2.09. The van der Waals surface area contributed by atoms with Gasteiger partial charge >= 0.3 is 0 Å². The summed E-state index contributed by atoms with van der Waals surface area (Å²) in [5.74, 6) is 0.881. The fourth-order valence-corrected chi connectivity index (χ4v) is 2.91. The van der Waals surface area contributed by atoms with E-state index in [1.165, 1.54) is 4.70 Å². The first-order valence-corrected chi connectivity index (χ1v) is 7.07. The van der Waals surface area contributed by atoms with Crippen LogP contribution in [0.15, 0.2) is 48.0 Å². The molecule has 3 rings (SSSR count). The lowest BCUT2D eigenvalue weighted by molar-refractivity contribution is 0.820. The normalized spacial score (nSPS) is 12.5. The molecule has 0 aliphatic heterocycles. The molecular weight excluding hydrogens is 254 g/mol. The Bertz CT molecular complexity index is 703. The minimum absolute atomic E-state index is 0.00891. The Morgan fingerprint density at radius 2 is 2.05 bits per heavy atom. The Morgan fingerprint density at radius 1 is 1.21 bits per heavy atom. The SMILES string of the molecule is CC(N)c1ccccc1Nc1nccc2sccc12. The van der Waals surface area contributed by atoms with E-state index in [-0.39, 0.29) is 6.04 Å². The number of pyridine rings is 1. The molecule has 0 radical (unpaired) electrons. The highest BCUT2D eigenvalue weighted by Crippen LogP contribution is 2.30. The van der Waals surface area contributed by atoms with Gasteiger partial charge < -0.3 is 11.1 Å². The number of nitrogens with one attached hydrogen (secondary N) is 1. The summed E-state index contributed by atoms with van der Waals surface area (Å²) in [6.07, 6.45) is 1.83. The van der Waals surface area contributed by atoms with Gasteiger partial charge in [0, 0.05) is 28.0 Å². The predicted octanol–water partition coefficient (Wildman–Crippen LogP) is 4.06. The van der Waals surface area contributed by atoms with Crippen LogP contribution in [0, 0.1) is 0 Å². The van der Waals surface area contributed by atoms with E-state index >= 15 is 0 Å². The molecule has 4 heteroatoms. The molecule has 19 heavy (non-hydrogen) atoms. The number of fused-ring (bicyclic) bond motifs is 1. The topological polar surface area (TPSA) is 50.9 Å². The maximum absolute atomic E-state index is 6.00. The van der Waals surface area contributed by atoms with Crippen LogP contribution in [0.2, 0.25) is 0 Å². The zero-order chi connectivity index (χ0) is 13.2. The van der Waals surface area contributed by atoms with Crippen molar-refractivity contribution in [3.63, 3.8) is 0 Å². The molecule has 0 fully saturated rings. The van der Waals surface area contributed by atoms with Crippen LogP contribution in [0.1, 0.15) is 18.5 Å². The van der Waals surface area contributed by atoms with Gasteiger partial charge in [-0.1, -0.05) is 18.2 Å². The van der Waals surface area contributed by atoms with Gasteiger partial charge in [0.1, 0.15) is 5.82 Å². The van der Waals surface area contributed by atoms with Gasteiger partial charge in [-0.3, -0.25) is 0 Å². The molecule has 3 nitrogen and oxygen atoms in total. The molecule has 0 aliphatic rings. The summed E-state index contributed by atoms with van der Waals surface area (Å²) in [5, 5.41) is 6.62. The highest BCUT2D eigenvalue weighted by molar-refractivity contribution is 7.17. The van der Waals surface area contributed by atoms with Crippen LogP contribution in [0.3, 0.4) is 0 Å². The lowest BCUT2D eigenvalue weighted by Gasteiger charge is -2.14. The van der Waals surface area contributed by atoms with Gasteiger partial charge in [-0.2, -0.15) is 0 Å². The highest BCUT2D eigenvalue weighted by atomic mass is 32.1. The van der Waals surface area contributed by atoms with Crippen LogP contribution in [0.25, 0.3) is 10.1 Å². The van der Waals surface area contributed by atoms with E-state index < -0.39 is 0 Å². The molecule has 0 aliphatic carbocycles. The first kappa shape index (κ1) is 12.1. The van der Waals surface area contributed by atoms with Crippen LogP contribution in [-0.2, 0) is 0 Å². The van der Waals surface area contributed by atoms with Crippen molar-refractivity contribution in [3.8, 4) is 0 Å². The largest absolute Gasteiger partial charge is 0.339 e. The number of aromatic nitrogens is 1. The number of para-hydroxylation sites is 1. The molecule has 0 saturated carbocycles. The molecule has 3 N–H and O–H groups in total. The Morgan fingerprint density at radius 3 is 2.89 bits per heavy atom. The van der Waals surface area contributed by atoms with Crippen LogP contribution in [0.5, 0.6) is 0 Å². The Kier molecular flexibility index (Phi) is 3.19. The van der Waals surface area contributed by atoms with E-state index in [1.807, 2.05) is 43.5 Å². The van der Waals surface area contributed by atoms with Crippen LogP contribution in [0.4, 0.5) is 11.5 Å². The van der Waals surface area contributed by atoms with Gasteiger partial charge in [0.05, 0.1) is 0 Å². The quantitative estimate of drug-likeness (QED) is 0.754. The van der Waals surface area contributed by atoms with Gasteiger partial charge in [0.25, 0.3) is 0 Å². The summed E-state index contributed by atoms with van der Waals surface area (Å²) < 4.78 is 1.23. The summed E-state index contributed by atoms with van der Waals surface area (Å²) in [6.45, 7) is 1.99. The molecule has 0 saturated heterocycles. The average Bonchev–Trinajstić information content (AvgIpc) is 2.88. The van der Waals surface area contributed by atoms with Crippen LogP contribution >= 0.6 is 11.3 Å². The van der Waals surface area contributed by atoms with E-state index in [0.29, 0.717) is 0 Å². The number of nitrogens with zero attached hydrogens (tertiary/aromatic N) is 1. The van der Waals surface area contributed by atoms with E-state index in [9.17, 15) is 0 Å². The third-order valence-corrected chi connectivity index (χ3v) is 3.97. The van der Waals surface area contributed by atoms with Crippen LogP contribution < -0.4 is 11.1 Å². The first-order valence-electron chi connectivity index (χ1n) is 6.19. The number of thiophene rings is 1. The third kappa shape index (κ3) is 2.32. The number of anilines is 2. The molecule has 96 valence electrons. The summed E-state index contributed by atoms with van der Waals surface area (Å²) in [4.78, 5) is 4.43. The second-order valence-corrected chi connectivity index (χ2v) is 5.44. The lowest BCUT2D eigenvalue weighted by atomic mass is 10.1. The Balaban J connectivity index is 2.04. The number of rotatable bonds is 3. The second kappa shape index (κ2) is 4.99.